The predicted molar refractivity (Wildman–Crippen MR) is 85.7 cm³/mol. The molecule has 1 aliphatic rings. The summed E-state index contributed by atoms with van der Waals surface area (Å²) < 4.78 is 10.5. The van der Waals surface area contributed by atoms with Crippen molar-refractivity contribution in [1.82, 2.24) is 10.7 Å². The highest BCUT2D eigenvalue weighted by Gasteiger charge is 2.15. The van der Waals surface area contributed by atoms with E-state index in [0.29, 0.717) is 11.5 Å². The molecular formula is C16H23N3O3. The largest absolute Gasteiger partial charge is 0.493 e. The quantitative estimate of drug-likeness (QED) is 0.649. The van der Waals surface area contributed by atoms with Crippen LogP contribution in [-0.4, -0.2) is 32.5 Å². The lowest BCUT2D eigenvalue weighted by molar-refractivity contribution is 0.233. The molecule has 0 radical (unpaired) electrons. The Labute approximate surface area is 130 Å². The normalized spacial score (nSPS) is 15.5. The second kappa shape index (κ2) is 8.26. The number of rotatable bonds is 5. The molecule has 0 aromatic heterocycles. The first-order valence-corrected chi connectivity index (χ1v) is 7.55. The van der Waals surface area contributed by atoms with Crippen molar-refractivity contribution in [3.8, 4) is 11.5 Å². The molecule has 1 fully saturated rings. The summed E-state index contributed by atoms with van der Waals surface area (Å²) in [4.78, 5) is 11.8. The number of hydrogen-bond donors (Lipinski definition) is 2. The number of urea groups is 1. The molecule has 0 heterocycles. The van der Waals surface area contributed by atoms with E-state index in [4.69, 9.17) is 9.47 Å². The lowest BCUT2D eigenvalue weighted by Crippen LogP contribution is -2.41. The van der Waals surface area contributed by atoms with E-state index in [0.717, 1.165) is 18.4 Å². The minimum absolute atomic E-state index is 0.260. The fourth-order valence-electron chi connectivity index (χ4n) is 2.64. The molecule has 0 atom stereocenters. The van der Waals surface area contributed by atoms with Crippen LogP contribution >= 0.6 is 0 Å². The third kappa shape index (κ3) is 4.38. The van der Waals surface area contributed by atoms with Crippen molar-refractivity contribution in [3.05, 3.63) is 23.8 Å². The summed E-state index contributed by atoms with van der Waals surface area (Å²) in [7, 11) is 3.15. The molecule has 2 amide bonds. The van der Waals surface area contributed by atoms with E-state index in [9.17, 15) is 4.79 Å². The fourth-order valence-corrected chi connectivity index (χ4v) is 2.64. The van der Waals surface area contributed by atoms with Crippen molar-refractivity contribution >= 4 is 12.2 Å². The average molecular weight is 305 g/mol. The first kappa shape index (κ1) is 16.1. The minimum Gasteiger partial charge on any atom is -0.493 e. The van der Waals surface area contributed by atoms with Gasteiger partial charge in [-0.25, -0.2) is 10.2 Å². The molecular weight excluding hydrogens is 282 g/mol. The number of amides is 2. The molecule has 6 heteroatoms. The van der Waals surface area contributed by atoms with Crippen molar-refractivity contribution in [2.24, 2.45) is 5.10 Å². The lowest BCUT2D eigenvalue weighted by atomic mass is 9.96. The van der Waals surface area contributed by atoms with E-state index in [1.807, 2.05) is 12.1 Å². The van der Waals surface area contributed by atoms with Gasteiger partial charge in [0.25, 0.3) is 0 Å². The van der Waals surface area contributed by atoms with Crippen LogP contribution in [0.1, 0.15) is 37.7 Å². The van der Waals surface area contributed by atoms with Crippen molar-refractivity contribution in [2.45, 2.75) is 38.1 Å². The molecule has 2 N–H and O–H groups in total. The summed E-state index contributed by atoms with van der Waals surface area (Å²) >= 11 is 0. The molecule has 0 aliphatic heterocycles. The first-order chi connectivity index (χ1) is 10.7. The third-order valence-corrected chi connectivity index (χ3v) is 3.74. The number of nitrogens with one attached hydrogen (secondary N) is 2. The zero-order chi connectivity index (χ0) is 15.8. The van der Waals surface area contributed by atoms with Gasteiger partial charge in [-0.15, -0.1) is 0 Å². The maximum Gasteiger partial charge on any atom is 0.335 e. The van der Waals surface area contributed by atoms with Gasteiger partial charge in [0, 0.05) is 11.6 Å². The van der Waals surface area contributed by atoms with Crippen molar-refractivity contribution in [1.29, 1.82) is 0 Å². The van der Waals surface area contributed by atoms with E-state index in [1.54, 1.807) is 26.5 Å². The molecule has 22 heavy (non-hydrogen) atoms. The molecule has 1 aliphatic carbocycles. The second-order valence-corrected chi connectivity index (χ2v) is 5.26. The van der Waals surface area contributed by atoms with Gasteiger partial charge in [-0.05, 0) is 25.0 Å². The van der Waals surface area contributed by atoms with Gasteiger partial charge in [0.05, 0.1) is 20.4 Å². The zero-order valence-corrected chi connectivity index (χ0v) is 13.1. The maximum atomic E-state index is 11.8. The smallest absolute Gasteiger partial charge is 0.335 e. The van der Waals surface area contributed by atoms with Gasteiger partial charge in [0.15, 0.2) is 11.5 Å². The Morgan fingerprint density at radius 1 is 1.23 bits per heavy atom. The number of nitrogens with zero attached hydrogens (tertiary/aromatic N) is 1. The van der Waals surface area contributed by atoms with E-state index < -0.39 is 0 Å². The highest BCUT2D eigenvalue weighted by Crippen LogP contribution is 2.29. The zero-order valence-electron chi connectivity index (χ0n) is 13.1. The molecule has 0 bridgehead atoms. The van der Waals surface area contributed by atoms with Crippen LogP contribution in [0.2, 0.25) is 0 Å². The van der Waals surface area contributed by atoms with E-state index in [2.05, 4.69) is 15.8 Å². The first-order valence-electron chi connectivity index (χ1n) is 7.55. The number of benzene rings is 1. The van der Waals surface area contributed by atoms with Crippen LogP contribution < -0.4 is 20.2 Å². The number of carbonyl (C=O) groups excluding carboxylic acids is 1. The number of ether oxygens (including phenoxy) is 2. The van der Waals surface area contributed by atoms with Crippen molar-refractivity contribution < 1.29 is 14.3 Å². The molecule has 0 unspecified atom stereocenters. The van der Waals surface area contributed by atoms with Gasteiger partial charge in [0.2, 0.25) is 0 Å². The molecule has 120 valence electrons. The Bertz CT molecular complexity index is 525. The fraction of sp³-hybridized carbons (Fsp3) is 0.500. The number of hydrazone groups is 1. The summed E-state index contributed by atoms with van der Waals surface area (Å²) in [6.07, 6.45) is 7.24. The lowest BCUT2D eigenvalue weighted by Gasteiger charge is -2.22. The Balaban J connectivity index is 1.90. The molecule has 1 saturated carbocycles. The second-order valence-electron chi connectivity index (χ2n) is 5.26. The van der Waals surface area contributed by atoms with Crippen molar-refractivity contribution in [3.63, 3.8) is 0 Å². The Hall–Kier alpha value is -2.24. The summed E-state index contributed by atoms with van der Waals surface area (Å²) in [5.41, 5.74) is 3.23. The monoisotopic (exact) mass is 305 g/mol. The Kier molecular flexibility index (Phi) is 6.06. The SMILES string of the molecule is COc1cccc(C=NNC(=O)NC2CCCCC2)c1OC. The molecule has 2 rings (SSSR count). The summed E-state index contributed by atoms with van der Waals surface area (Å²) in [6, 6.07) is 5.47. The van der Waals surface area contributed by atoms with Crippen LogP contribution in [-0.2, 0) is 0 Å². The average Bonchev–Trinajstić information content (AvgIpc) is 2.55. The Morgan fingerprint density at radius 2 is 2.00 bits per heavy atom. The standard InChI is InChI=1S/C16H23N3O3/c1-21-14-10-6-7-12(15(14)22-2)11-17-19-16(20)18-13-8-4-3-5-9-13/h6-7,10-11,13H,3-5,8-9H2,1-2H3,(H2,18,19,20). The molecule has 6 nitrogen and oxygen atoms in total. The topological polar surface area (TPSA) is 72.0 Å². The van der Waals surface area contributed by atoms with E-state index in [1.165, 1.54) is 19.3 Å². The van der Waals surface area contributed by atoms with Gasteiger partial charge >= 0.3 is 6.03 Å². The molecule has 1 aromatic rings. The highest BCUT2D eigenvalue weighted by atomic mass is 16.5. The molecule has 1 aromatic carbocycles. The highest BCUT2D eigenvalue weighted by molar-refractivity contribution is 5.86. The van der Waals surface area contributed by atoms with Gasteiger partial charge in [-0.2, -0.15) is 5.10 Å². The molecule has 0 spiro atoms. The number of carbonyl (C=O) groups is 1. The van der Waals surface area contributed by atoms with Gasteiger partial charge < -0.3 is 14.8 Å². The van der Waals surface area contributed by atoms with Gasteiger partial charge in [-0.1, -0.05) is 25.3 Å². The number of para-hydroxylation sites is 1. The number of methoxy groups -OCH3 is 2. The van der Waals surface area contributed by atoms with Crippen LogP contribution in [0.3, 0.4) is 0 Å². The maximum absolute atomic E-state index is 11.8. The Morgan fingerprint density at radius 3 is 2.68 bits per heavy atom. The van der Waals surface area contributed by atoms with Crippen LogP contribution in [0.15, 0.2) is 23.3 Å². The van der Waals surface area contributed by atoms with E-state index >= 15 is 0 Å². The van der Waals surface area contributed by atoms with Crippen molar-refractivity contribution in [2.75, 3.05) is 14.2 Å². The predicted octanol–water partition coefficient (Wildman–Crippen LogP) is 2.67. The third-order valence-electron chi connectivity index (χ3n) is 3.74. The van der Waals surface area contributed by atoms with Gasteiger partial charge in [0.1, 0.15) is 0 Å². The minimum atomic E-state index is -0.273. The van der Waals surface area contributed by atoms with Crippen LogP contribution in [0.5, 0.6) is 11.5 Å². The number of hydrogen-bond acceptors (Lipinski definition) is 4. The van der Waals surface area contributed by atoms with Crippen LogP contribution in [0.4, 0.5) is 4.79 Å². The summed E-state index contributed by atoms with van der Waals surface area (Å²) in [5, 5.41) is 6.90. The summed E-state index contributed by atoms with van der Waals surface area (Å²) in [6.45, 7) is 0. The van der Waals surface area contributed by atoms with Crippen LogP contribution in [0.25, 0.3) is 0 Å². The summed E-state index contributed by atoms with van der Waals surface area (Å²) in [5.74, 6) is 1.21. The van der Waals surface area contributed by atoms with Crippen LogP contribution in [0, 0.1) is 0 Å². The molecule has 0 saturated heterocycles. The van der Waals surface area contributed by atoms with Gasteiger partial charge in [-0.3, -0.25) is 0 Å². The van der Waals surface area contributed by atoms with E-state index in [-0.39, 0.29) is 12.1 Å².